The van der Waals surface area contributed by atoms with Crippen molar-refractivity contribution in [2.45, 2.75) is 58.6 Å². The largest absolute Gasteiger partial charge is 0.444 e. The van der Waals surface area contributed by atoms with Crippen LogP contribution in [0.3, 0.4) is 0 Å². The van der Waals surface area contributed by atoms with Gasteiger partial charge in [-0.1, -0.05) is 0 Å². The van der Waals surface area contributed by atoms with Crippen LogP contribution >= 0.6 is 0 Å². The molecule has 3 rings (SSSR count). The number of anilines is 1. The van der Waals surface area contributed by atoms with E-state index in [-0.39, 0.29) is 17.9 Å². The number of nitrogens with zero attached hydrogens (tertiary/aromatic N) is 2. The zero-order chi connectivity index (χ0) is 18.4. The first-order valence-electron chi connectivity index (χ1n) is 8.95. The minimum atomic E-state index is -0.550. The number of ether oxygens (including phenoxy) is 1. The molecule has 2 bridgehead atoms. The number of carbonyl (C=O) groups is 2. The molecule has 1 heterocycles. The fourth-order valence-corrected chi connectivity index (χ4v) is 4.26. The lowest BCUT2D eigenvalue weighted by molar-refractivity contribution is -0.122. The van der Waals surface area contributed by atoms with E-state index in [0.29, 0.717) is 17.7 Å². The Morgan fingerprint density at radius 2 is 1.96 bits per heavy atom. The highest BCUT2D eigenvalue weighted by molar-refractivity contribution is 5.93. The highest BCUT2D eigenvalue weighted by atomic mass is 16.6. The molecular weight excluding hydrogens is 320 g/mol. The molecule has 0 aromatic carbocycles. The van der Waals surface area contributed by atoms with Gasteiger partial charge in [0.15, 0.2) is 0 Å². The molecule has 2 fully saturated rings. The minimum Gasteiger partial charge on any atom is -0.444 e. The van der Waals surface area contributed by atoms with E-state index < -0.39 is 11.7 Å². The van der Waals surface area contributed by atoms with Crippen molar-refractivity contribution in [2.24, 2.45) is 24.8 Å². The molecule has 0 saturated heterocycles. The fourth-order valence-electron chi connectivity index (χ4n) is 4.26. The molecule has 1 aromatic heterocycles. The van der Waals surface area contributed by atoms with Crippen LogP contribution in [0.5, 0.6) is 0 Å². The Kier molecular flexibility index (Phi) is 4.51. The molecule has 0 aliphatic heterocycles. The van der Waals surface area contributed by atoms with Gasteiger partial charge < -0.3 is 15.4 Å². The lowest BCUT2D eigenvalue weighted by Gasteiger charge is -2.31. The topological polar surface area (TPSA) is 85.3 Å². The van der Waals surface area contributed by atoms with Gasteiger partial charge in [0, 0.05) is 19.2 Å². The molecule has 7 nitrogen and oxygen atoms in total. The second-order valence-corrected chi connectivity index (χ2v) is 8.31. The Balaban J connectivity index is 1.71. The van der Waals surface area contributed by atoms with E-state index >= 15 is 0 Å². The minimum absolute atomic E-state index is 0.0451. The molecule has 1 aromatic rings. The van der Waals surface area contributed by atoms with Crippen molar-refractivity contribution in [1.82, 2.24) is 15.1 Å². The number of nitrogens with one attached hydrogen (secondary N) is 2. The van der Waals surface area contributed by atoms with Crippen LogP contribution in [-0.4, -0.2) is 33.4 Å². The summed E-state index contributed by atoms with van der Waals surface area (Å²) >= 11 is 0. The number of amides is 2. The molecule has 138 valence electrons. The summed E-state index contributed by atoms with van der Waals surface area (Å²) in [5.74, 6) is 1.08. The Morgan fingerprint density at radius 1 is 1.28 bits per heavy atom. The zero-order valence-electron chi connectivity index (χ0n) is 15.6. The molecule has 0 radical (unpaired) electrons. The molecule has 4 atom stereocenters. The SMILES string of the molecule is Cc1cc(NC(=O)C2C3CCC(C3)C2NC(=O)OC(C)(C)C)n(C)n1. The first-order chi connectivity index (χ1) is 11.6. The number of aromatic nitrogens is 2. The van der Waals surface area contributed by atoms with Gasteiger partial charge >= 0.3 is 6.09 Å². The zero-order valence-corrected chi connectivity index (χ0v) is 15.6. The molecule has 2 amide bonds. The third-order valence-electron chi connectivity index (χ3n) is 5.16. The summed E-state index contributed by atoms with van der Waals surface area (Å²) in [7, 11) is 1.81. The van der Waals surface area contributed by atoms with Gasteiger partial charge in [-0.2, -0.15) is 5.10 Å². The van der Waals surface area contributed by atoms with E-state index in [1.165, 1.54) is 0 Å². The van der Waals surface area contributed by atoms with Crippen molar-refractivity contribution in [3.63, 3.8) is 0 Å². The van der Waals surface area contributed by atoms with Crippen molar-refractivity contribution < 1.29 is 14.3 Å². The van der Waals surface area contributed by atoms with E-state index in [4.69, 9.17) is 4.74 Å². The molecule has 2 aliphatic carbocycles. The quantitative estimate of drug-likeness (QED) is 0.879. The Morgan fingerprint density at radius 3 is 2.56 bits per heavy atom. The second-order valence-electron chi connectivity index (χ2n) is 8.31. The van der Waals surface area contributed by atoms with Gasteiger partial charge in [-0.25, -0.2) is 4.79 Å². The standard InChI is InChI=1S/C18H28N4O3/c1-10-8-13(22(5)21-10)19-16(23)14-11-6-7-12(9-11)15(14)20-17(24)25-18(2,3)4/h8,11-12,14-15H,6-7,9H2,1-5H3,(H,19,23)(H,20,24). The van der Waals surface area contributed by atoms with Crippen LogP contribution in [0.25, 0.3) is 0 Å². The smallest absolute Gasteiger partial charge is 0.407 e. The van der Waals surface area contributed by atoms with Crippen molar-refractivity contribution >= 4 is 17.8 Å². The van der Waals surface area contributed by atoms with E-state index in [0.717, 1.165) is 25.0 Å². The van der Waals surface area contributed by atoms with Crippen LogP contribution in [-0.2, 0) is 16.6 Å². The predicted octanol–water partition coefficient (Wildman–Crippen LogP) is 2.61. The number of hydrogen-bond acceptors (Lipinski definition) is 4. The average Bonchev–Trinajstić information content (AvgIpc) is 3.12. The van der Waals surface area contributed by atoms with Crippen molar-refractivity contribution in [3.05, 3.63) is 11.8 Å². The van der Waals surface area contributed by atoms with Gasteiger partial charge in [0.1, 0.15) is 11.4 Å². The van der Waals surface area contributed by atoms with Crippen LogP contribution in [0.15, 0.2) is 6.07 Å². The van der Waals surface area contributed by atoms with Crippen LogP contribution in [0.1, 0.15) is 45.7 Å². The van der Waals surface area contributed by atoms with Crippen molar-refractivity contribution in [2.75, 3.05) is 5.32 Å². The highest BCUT2D eigenvalue weighted by Crippen LogP contribution is 2.49. The molecule has 2 N–H and O–H groups in total. The van der Waals surface area contributed by atoms with Gasteiger partial charge in [-0.15, -0.1) is 0 Å². The van der Waals surface area contributed by atoms with E-state index in [1.54, 1.807) is 11.7 Å². The van der Waals surface area contributed by atoms with Gasteiger partial charge in [-0.3, -0.25) is 9.48 Å². The number of alkyl carbamates (subject to hydrolysis) is 1. The first kappa shape index (κ1) is 17.8. The number of carbonyl (C=O) groups excluding carboxylic acids is 2. The van der Waals surface area contributed by atoms with Gasteiger partial charge in [-0.05, 0) is 58.8 Å². The Bertz CT molecular complexity index is 676. The second kappa shape index (κ2) is 6.35. The summed E-state index contributed by atoms with van der Waals surface area (Å²) in [5, 5.41) is 10.2. The Hall–Kier alpha value is -2.05. The summed E-state index contributed by atoms with van der Waals surface area (Å²) < 4.78 is 7.04. The van der Waals surface area contributed by atoms with Crippen molar-refractivity contribution in [3.8, 4) is 0 Å². The van der Waals surface area contributed by atoms with Gasteiger partial charge in [0.2, 0.25) is 5.91 Å². The summed E-state index contributed by atoms with van der Waals surface area (Å²) in [6, 6.07) is 1.68. The van der Waals surface area contributed by atoms with Gasteiger partial charge in [0.25, 0.3) is 0 Å². The third-order valence-corrected chi connectivity index (χ3v) is 5.16. The maximum atomic E-state index is 12.9. The highest BCUT2D eigenvalue weighted by Gasteiger charge is 2.51. The maximum absolute atomic E-state index is 12.9. The summed E-state index contributed by atoms with van der Waals surface area (Å²) in [4.78, 5) is 25.1. The van der Waals surface area contributed by atoms with E-state index in [1.807, 2.05) is 33.8 Å². The van der Waals surface area contributed by atoms with E-state index in [9.17, 15) is 9.59 Å². The first-order valence-corrected chi connectivity index (χ1v) is 8.95. The summed E-state index contributed by atoms with van der Waals surface area (Å²) in [5.41, 5.74) is 0.306. The van der Waals surface area contributed by atoms with Crippen molar-refractivity contribution in [1.29, 1.82) is 0 Å². The molecule has 7 heteroatoms. The number of rotatable bonds is 3. The molecule has 2 saturated carbocycles. The predicted molar refractivity (Wildman–Crippen MR) is 94.1 cm³/mol. The van der Waals surface area contributed by atoms with Gasteiger partial charge in [0.05, 0.1) is 11.6 Å². The van der Waals surface area contributed by atoms with E-state index in [2.05, 4.69) is 15.7 Å². The summed E-state index contributed by atoms with van der Waals surface area (Å²) in [6.07, 6.45) is 2.64. The molecule has 0 spiro atoms. The number of hydrogen-bond donors (Lipinski definition) is 2. The van der Waals surface area contributed by atoms with Crippen LogP contribution in [0, 0.1) is 24.7 Å². The summed E-state index contributed by atoms with van der Waals surface area (Å²) in [6.45, 7) is 7.40. The molecule has 2 aliphatic rings. The monoisotopic (exact) mass is 348 g/mol. The Labute approximate surface area is 148 Å². The number of fused-ring (bicyclic) bond motifs is 2. The van der Waals surface area contributed by atoms with Crippen LogP contribution in [0.4, 0.5) is 10.6 Å². The average molecular weight is 348 g/mol. The number of aryl methyl sites for hydroxylation is 2. The molecular formula is C18H28N4O3. The lowest BCUT2D eigenvalue weighted by atomic mass is 9.84. The van der Waals surface area contributed by atoms with Crippen LogP contribution in [0.2, 0.25) is 0 Å². The lowest BCUT2D eigenvalue weighted by Crippen LogP contribution is -2.49. The normalized spacial score (nSPS) is 28.0. The van der Waals surface area contributed by atoms with Crippen LogP contribution < -0.4 is 10.6 Å². The molecule has 25 heavy (non-hydrogen) atoms. The third kappa shape index (κ3) is 3.80. The maximum Gasteiger partial charge on any atom is 0.407 e. The molecule has 4 unspecified atom stereocenters. The fraction of sp³-hybridized carbons (Fsp3) is 0.722.